The van der Waals surface area contributed by atoms with Gasteiger partial charge < -0.3 is 0 Å². The number of alkyl halides is 21. The Balaban J connectivity index is 4.94. The Morgan fingerprint density at radius 3 is 0.882 bits per heavy atom. The molecule has 0 aliphatic heterocycles. The minimum Gasteiger partial charge on any atom is -0.171 e. The van der Waals surface area contributed by atoms with Crippen LogP contribution in [0.5, 0.6) is 0 Å². The molecule has 0 saturated heterocycles. The molecular weight excluding hydrogens is 555 g/mol. The lowest BCUT2D eigenvalue weighted by Crippen LogP contribution is -2.85. The van der Waals surface area contributed by atoms with Gasteiger partial charge in [0.25, 0.3) is 0 Å². The van der Waals surface area contributed by atoms with E-state index in [0.29, 0.717) is 0 Å². The molecule has 0 nitrogen and oxygen atoms in total. The Labute approximate surface area is 172 Å². The lowest BCUT2D eigenvalue weighted by atomic mass is 9.39. The average molecular weight is 560 g/mol. The van der Waals surface area contributed by atoms with E-state index in [9.17, 15) is 92.2 Å². The Kier molecular flexibility index (Phi) is 6.54. The van der Waals surface area contributed by atoms with Crippen molar-refractivity contribution in [2.24, 2.45) is 22.2 Å². The van der Waals surface area contributed by atoms with Gasteiger partial charge in [-0.15, -0.1) is 0 Å². The second kappa shape index (κ2) is 7.28. The standard InChI is InChI=1S/C13H5F21/c14-6(15,16)3-1-2-4(8(17,18)19,9(20,21)22)7(12(29,30)31,13(32,33)34)5(3,10(23,24)25)11(26,27)28/h3H,1-2H2. The summed E-state index contributed by atoms with van der Waals surface area (Å²) in [6, 6.07) is 0. The molecule has 1 atom stereocenters. The van der Waals surface area contributed by atoms with Gasteiger partial charge in [-0.05, 0) is 12.8 Å². The van der Waals surface area contributed by atoms with Crippen molar-refractivity contribution in [1.82, 2.24) is 0 Å². The van der Waals surface area contributed by atoms with Gasteiger partial charge in [-0.3, -0.25) is 0 Å². The first-order chi connectivity index (χ1) is 14.3. The number of hydrogen-bond donors (Lipinski definition) is 0. The number of hydrogen-bond acceptors (Lipinski definition) is 0. The second-order valence-electron chi connectivity index (χ2n) is 7.08. The molecule has 0 heterocycles. The minimum absolute atomic E-state index is 3.70. The van der Waals surface area contributed by atoms with Crippen LogP contribution in [0.4, 0.5) is 92.2 Å². The molecule has 0 amide bonds. The van der Waals surface area contributed by atoms with Crippen LogP contribution in [0.3, 0.4) is 0 Å². The van der Waals surface area contributed by atoms with E-state index in [1.165, 1.54) is 0 Å². The Hall–Kier alpha value is -1.47. The van der Waals surface area contributed by atoms with Crippen LogP contribution in [0.15, 0.2) is 0 Å². The monoisotopic (exact) mass is 560 g/mol. The molecule has 204 valence electrons. The van der Waals surface area contributed by atoms with Gasteiger partial charge >= 0.3 is 43.2 Å². The Morgan fingerprint density at radius 2 is 0.706 bits per heavy atom. The minimum atomic E-state index is -9.18. The van der Waals surface area contributed by atoms with Gasteiger partial charge in [-0.1, -0.05) is 0 Å². The van der Waals surface area contributed by atoms with Crippen molar-refractivity contribution in [3.8, 4) is 0 Å². The fraction of sp³-hybridized carbons (Fsp3) is 1.00. The maximum Gasteiger partial charge on any atom is 0.405 e. The molecule has 1 unspecified atom stereocenters. The fourth-order valence-electron chi connectivity index (χ4n) is 4.71. The van der Waals surface area contributed by atoms with Gasteiger partial charge in [0, 0.05) is 0 Å². The summed E-state index contributed by atoms with van der Waals surface area (Å²) in [6.07, 6.45) is -67.0. The molecule has 21 heteroatoms. The van der Waals surface area contributed by atoms with Crippen LogP contribution in [-0.2, 0) is 0 Å². The summed E-state index contributed by atoms with van der Waals surface area (Å²) in [7, 11) is 0. The van der Waals surface area contributed by atoms with Crippen LogP contribution in [-0.4, -0.2) is 43.2 Å². The molecule has 0 N–H and O–H groups in total. The van der Waals surface area contributed by atoms with E-state index in [1.807, 2.05) is 0 Å². The zero-order chi connectivity index (χ0) is 28.0. The highest BCUT2D eigenvalue weighted by molar-refractivity contribution is 5.28. The van der Waals surface area contributed by atoms with Crippen molar-refractivity contribution in [3.63, 3.8) is 0 Å². The molecule has 1 aliphatic rings. The summed E-state index contributed by atoms with van der Waals surface area (Å²) in [5.41, 5.74) is -26.0. The van der Waals surface area contributed by atoms with Crippen molar-refractivity contribution in [2.75, 3.05) is 0 Å². The zero-order valence-electron chi connectivity index (χ0n) is 14.9. The lowest BCUT2D eigenvalue weighted by molar-refractivity contribution is -0.570. The summed E-state index contributed by atoms with van der Waals surface area (Å²) in [4.78, 5) is 0. The second-order valence-corrected chi connectivity index (χ2v) is 7.08. The number of rotatable bonds is 0. The van der Waals surface area contributed by atoms with Gasteiger partial charge in [0.05, 0.1) is 5.92 Å². The summed E-state index contributed by atoms with van der Waals surface area (Å²) in [5.74, 6) is -6.07. The first kappa shape index (κ1) is 30.6. The predicted octanol–water partition coefficient (Wildman–Crippen LogP) is 8.29. The predicted molar refractivity (Wildman–Crippen MR) is 62.4 cm³/mol. The summed E-state index contributed by atoms with van der Waals surface area (Å²) >= 11 is 0. The van der Waals surface area contributed by atoms with Crippen LogP contribution in [0.2, 0.25) is 0 Å². The van der Waals surface area contributed by atoms with Crippen molar-refractivity contribution in [1.29, 1.82) is 0 Å². The molecule has 1 aliphatic carbocycles. The van der Waals surface area contributed by atoms with E-state index >= 15 is 0 Å². The van der Waals surface area contributed by atoms with Crippen LogP contribution in [0.25, 0.3) is 0 Å². The SMILES string of the molecule is FC(F)(F)C1CCC(C(F)(F)F)(C(F)(F)F)C(C(F)(F)F)(C(F)(F)F)C1(C(F)(F)F)C(F)(F)F. The topological polar surface area (TPSA) is 0 Å². The maximum absolute atomic E-state index is 13.7. The van der Waals surface area contributed by atoms with Gasteiger partial charge in [0.15, 0.2) is 10.8 Å². The van der Waals surface area contributed by atoms with Gasteiger partial charge in [0.1, 0.15) is 0 Å². The molecule has 1 saturated carbocycles. The van der Waals surface area contributed by atoms with E-state index in [-0.39, 0.29) is 0 Å². The van der Waals surface area contributed by atoms with Crippen LogP contribution >= 0.6 is 0 Å². The maximum atomic E-state index is 13.7. The molecule has 0 bridgehead atoms. The molecule has 0 spiro atoms. The third kappa shape index (κ3) is 3.40. The summed E-state index contributed by atoms with van der Waals surface area (Å²) < 4.78 is 284. The quantitative estimate of drug-likeness (QED) is 0.262. The lowest BCUT2D eigenvalue weighted by Gasteiger charge is -2.65. The van der Waals surface area contributed by atoms with E-state index in [0.717, 1.165) is 0 Å². The van der Waals surface area contributed by atoms with E-state index in [4.69, 9.17) is 0 Å². The number of halogens is 21. The highest BCUT2D eigenvalue weighted by Gasteiger charge is 3.07. The van der Waals surface area contributed by atoms with E-state index < -0.39 is 78.2 Å². The first-order valence-corrected chi connectivity index (χ1v) is 7.81. The smallest absolute Gasteiger partial charge is 0.171 e. The molecule has 0 aromatic carbocycles. The van der Waals surface area contributed by atoms with Gasteiger partial charge in [0.2, 0.25) is 5.41 Å². The molecule has 0 aromatic heterocycles. The van der Waals surface area contributed by atoms with E-state index in [1.54, 1.807) is 0 Å². The largest absolute Gasteiger partial charge is 0.405 e. The molecule has 1 rings (SSSR count). The molecular formula is C13H5F21. The third-order valence-electron chi connectivity index (χ3n) is 5.67. The van der Waals surface area contributed by atoms with Crippen LogP contribution in [0, 0.1) is 22.2 Å². The van der Waals surface area contributed by atoms with Crippen molar-refractivity contribution in [2.45, 2.75) is 56.1 Å². The van der Waals surface area contributed by atoms with Crippen LogP contribution in [0.1, 0.15) is 12.8 Å². The highest BCUT2D eigenvalue weighted by atomic mass is 19.4. The third-order valence-corrected chi connectivity index (χ3v) is 5.67. The van der Waals surface area contributed by atoms with Crippen molar-refractivity contribution >= 4 is 0 Å². The molecule has 0 radical (unpaired) electrons. The van der Waals surface area contributed by atoms with E-state index in [2.05, 4.69) is 0 Å². The summed E-state index contributed by atoms with van der Waals surface area (Å²) in [5, 5.41) is 0. The van der Waals surface area contributed by atoms with Crippen LogP contribution < -0.4 is 0 Å². The average Bonchev–Trinajstić information content (AvgIpc) is 2.44. The fourth-order valence-corrected chi connectivity index (χ4v) is 4.71. The van der Waals surface area contributed by atoms with Gasteiger partial charge in [-0.25, -0.2) is 0 Å². The molecule has 1 fully saturated rings. The van der Waals surface area contributed by atoms with Crippen molar-refractivity contribution < 1.29 is 92.2 Å². The summed E-state index contributed by atoms with van der Waals surface area (Å²) in [6.45, 7) is 0. The molecule has 0 aromatic rings. The first-order valence-electron chi connectivity index (χ1n) is 7.81. The van der Waals surface area contributed by atoms with Gasteiger partial charge in [-0.2, -0.15) is 92.2 Å². The normalized spacial score (nSPS) is 24.8. The Bertz CT molecular complexity index is 701. The molecule has 34 heavy (non-hydrogen) atoms. The van der Waals surface area contributed by atoms with Crippen molar-refractivity contribution in [3.05, 3.63) is 0 Å². The zero-order valence-corrected chi connectivity index (χ0v) is 14.9. The highest BCUT2D eigenvalue weighted by Crippen LogP contribution is 2.86. The Morgan fingerprint density at radius 1 is 0.412 bits per heavy atom.